The number of carbonyl (C=O) groups is 3. The zero-order chi connectivity index (χ0) is 27.6. The maximum atomic E-state index is 13.7. The largest absolute Gasteiger partial charge is 0.416 e. The zero-order valence-corrected chi connectivity index (χ0v) is 21.7. The van der Waals surface area contributed by atoms with E-state index in [2.05, 4.69) is 16.7 Å². The molecule has 0 aromatic heterocycles. The van der Waals surface area contributed by atoms with Crippen LogP contribution in [0.15, 0.2) is 48.5 Å². The van der Waals surface area contributed by atoms with Gasteiger partial charge in [-0.1, -0.05) is 37.1 Å². The molecule has 2 aromatic rings. The molecule has 2 aliphatic carbocycles. The molecule has 2 N–H and O–H groups in total. The number of rotatable bonds is 4. The highest BCUT2D eigenvalue weighted by atomic mass is 19.4. The monoisotopic (exact) mass is 542 g/mol. The second-order valence-electron chi connectivity index (χ2n) is 10.6. The molecule has 208 valence electrons. The molecule has 2 aromatic carbocycles. The number of halogens is 3. The Hall–Kier alpha value is -3.56. The van der Waals surface area contributed by atoms with Gasteiger partial charge in [-0.3, -0.25) is 9.59 Å². The first-order chi connectivity index (χ1) is 18.7. The number of aryl methyl sites for hydroxylation is 1. The number of alkyl halides is 3. The van der Waals surface area contributed by atoms with E-state index in [1.807, 2.05) is 18.2 Å². The predicted octanol–water partition coefficient (Wildman–Crippen LogP) is 5.13. The number of amides is 4. The van der Waals surface area contributed by atoms with Crippen LogP contribution in [0.3, 0.4) is 0 Å². The summed E-state index contributed by atoms with van der Waals surface area (Å²) in [6, 6.07) is 10.7. The van der Waals surface area contributed by atoms with E-state index in [1.165, 1.54) is 22.6 Å². The van der Waals surface area contributed by atoms with Gasteiger partial charge in [-0.25, -0.2) is 4.79 Å². The summed E-state index contributed by atoms with van der Waals surface area (Å²) in [5.74, 6) is -0.446. The van der Waals surface area contributed by atoms with E-state index in [1.54, 1.807) is 4.90 Å². The highest BCUT2D eigenvalue weighted by Gasteiger charge is 2.40. The van der Waals surface area contributed by atoms with E-state index >= 15 is 0 Å². The van der Waals surface area contributed by atoms with Crippen LogP contribution in [0.1, 0.15) is 61.3 Å². The maximum Gasteiger partial charge on any atom is 0.416 e. The van der Waals surface area contributed by atoms with Crippen LogP contribution < -0.4 is 10.6 Å². The molecule has 10 heteroatoms. The molecule has 1 saturated heterocycles. The van der Waals surface area contributed by atoms with Gasteiger partial charge in [0.25, 0.3) is 0 Å². The molecule has 2 unspecified atom stereocenters. The predicted molar refractivity (Wildman–Crippen MR) is 140 cm³/mol. The Bertz CT molecular complexity index is 1210. The molecule has 1 heterocycles. The lowest BCUT2D eigenvalue weighted by molar-refractivity contribution is -0.146. The lowest BCUT2D eigenvalue weighted by Crippen LogP contribution is -2.63. The summed E-state index contributed by atoms with van der Waals surface area (Å²) in [4.78, 5) is 43.3. The standard InChI is InChI=1S/C29H33F3N4O3/c30-29(31,32)21-12-14-22(15-13-21)33-28(39)35-16-17-36(27(38)20-7-1-2-8-20)25(18-35)26(37)34-24-11-5-9-19-6-3-4-10-23(19)24/h3-4,6,10,12-15,20,24-25H,1-2,5,7-9,11,16-18H2,(H,33,39)(H,34,37). The summed E-state index contributed by atoms with van der Waals surface area (Å²) < 4.78 is 38.7. The van der Waals surface area contributed by atoms with E-state index in [4.69, 9.17) is 0 Å². The molecule has 5 rings (SSSR count). The van der Waals surface area contributed by atoms with Crippen LogP contribution in [0.4, 0.5) is 23.7 Å². The van der Waals surface area contributed by atoms with Gasteiger partial charge in [0.05, 0.1) is 18.2 Å². The Morgan fingerprint density at radius 1 is 0.872 bits per heavy atom. The number of fused-ring (bicyclic) bond motifs is 1. The van der Waals surface area contributed by atoms with Crippen molar-refractivity contribution in [1.29, 1.82) is 0 Å². The molecule has 0 radical (unpaired) electrons. The SMILES string of the molecule is O=C(NC1CCCc2ccccc21)C1CN(C(=O)Nc2ccc(C(F)(F)F)cc2)CCN1C(=O)C1CCCC1. The third kappa shape index (κ3) is 6.04. The first kappa shape index (κ1) is 27.0. The van der Waals surface area contributed by atoms with Crippen molar-refractivity contribution < 1.29 is 27.6 Å². The molecule has 1 aliphatic heterocycles. The summed E-state index contributed by atoms with van der Waals surface area (Å²) >= 11 is 0. The molecule has 2 fully saturated rings. The van der Waals surface area contributed by atoms with Gasteiger partial charge >= 0.3 is 12.2 Å². The molecule has 4 amide bonds. The molecular weight excluding hydrogens is 509 g/mol. The molecule has 0 spiro atoms. The van der Waals surface area contributed by atoms with Crippen molar-refractivity contribution in [2.24, 2.45) is 5.92 Å². The van der Waals surface area contributed by atoms with Crippen LogP contribution in [0.5, 0.6) is 0 Å². The molecule has 3 aliphatic rings. The quantitative estimate of drug-likeness (QED) is 0.562. The number of carbonyl (C=O) groups excluding carboxylic acids is 3. The summed E-state index contributed by atoms with van der Waals surface area (Å²) in [6.45, 7) is 0.446. The number of hydrogen-bond donors (Lipinski definition) is 2. The van der Waals surface area contributed by atoms with Crippen molar-refractivity contribution in [3.8, 4) is 0 Å². The first-order valence-corrected chi connectivity index (χ1v) is 13.6. The van der Waals surface area contributed by atoms with E-state index in [0.29, 0.717) is 0 Å². The average molecular weight is 543 g/mol. The normalized spacial score (nSPS) is 21.8. The first-order valence-electron chi connectivity index (χ1n) is 13.6. The van der Waals surface area contributed by atoms with Crippen molar-refractivity contribution in [1.82, 2.24) is 15.1 Å². The number of hydrogen-bond acceptors (Lipinski definition) is 3. The molecule has 7 nitrogen and oxygen atoms in total. The highest BCUT2D eigenvalue weighted by molar-refractivity contribution is 5.93. The van der Waals surface area contributed by atoms with Crippen molar-refractivity contribution >= 4 is 23.5 Å². The molecule has 1 saturated carbocycles. The average Bonchev–Trinajstić information content (AvgIpc) is 3.47. The second-order valence-corrected chi connectivity index (χ2v) is 10.6. The molecule has 39 heavy (non-hydrogen) atoms. The Kier molecular flexibility index (Phi) is 7.81. The van der Waals surface area contributed by atoms with Gasteiger partial charge in [0, 0.05) is 24.7 Å². The van der Waals surface area contributed by atoms with Crippen LogP contribution in [-0.4, -0.2) is 53.3 Å². The van der Waals surface area contributed by atoms with E-state index in [9.17, 15) is 27.6 Å². The summed E-state index contributed by atoms with van der Waals surface area (Å²) in [5, 5.41) is 5.78. The van der Waals surface area contributed by atoms with E-state index < -0.39 is 23.8 Å². The van der Waals surface area contributed by atoms with Crippen molar-refractivity contribution in [3.63, 3.8) is 0 Å². The van der Waals surface area contributed by atoms with Gasteiger partial charge in [-0.2, -0.15) is 13.2 Å². The van der Waals surface area contributed by atoms with Crippen LogP contribution in [0.25, 0.3) is 0 Å². The maximum absolute atomic E-state index is 13.7. The summed E-state index contributed by atoms with van der Waals surface area (Å²) in [7, 11) is 0. The fourth-order valence-electron chi connectivity index (χ4n) is 5.98. The van der Waals surface area contributed by atoms with Crippen LogP contribution in [0, 0.1) is 5.92 Å². The van der Waals surface area contributed by atoms with Gasteiger partial charge in [0.2, 0.25) is 11.8 Å². The van der Waals surface area contributed by atoms with Gasteiger partial charge in [-0.15, -0.1) is 0 Å². The summed E-state index contributed by atoms with van der Waals surface area (Å²) in [6.07, 6.45) is 1.81. The fourth-order valence-corrected chi connectivity index (χ4v) is 5.98. The van der Waals surface area contributed by atoms with Crippen molar-refractivity contribution in [2.75, 3.05) is 25.0 Å². The van der Waals surface area contributed by atoms with Crippen molar-refractivity contribution in [2.45, 2.75) is 63.2 Å². The zero-order valence-electron chi connectivity index (χ0n) is 21.7. The Morgan fingerprint density at radius 2 is 1.59 bits per heavy atom. The summed E-state index contributed by atoms with van der Waals surface area (Å²) in [5.41, 5.74) is 1.70. The van der Waals surface area contributed by atoms with Crippen LogP contribution in [-0.2, 0) is 22.2 Å². The van der Waals surface area contributed by atoms with Gasteiger partial charge in [0.1, 0.15) is 6.04 Å². The topological polar surface area (TPSA) is 81.8 Å². The van der Waals surface area contributed by atoms with E-state index in [0.717, 1.165) is 62.6 Å². The number of nitrogens with one attached hydrogen (secondary N) is 2. The van der Waals surface area contributed by atoms with Crippen LogP contribution in [0.2, 0.25) is 0 Å². The number of urea groups is 1. The molecule has 0 bridgehead atoms. The Balaban J connectivity index is 1.31. The Labute approximate surface area is 225 Å². The third-order valence-electron chi connectivity index (χ3n) is 8.11. The second kappa shape index (κ2) is 11.3. The minimum Gasteiger partial charge on any atom is -0.347 e. The lowest BCUT2D eigenvalue weighted by atomic mass is 9.87. The Morgan fingerprint density at radius 3 is 2.31 bits per heavy atom. The van der Waals surface area contributed by atoms with Gasteiger partial charge < -0.3 is 20.4 Å². The van der Waals surface area contributed by atoms with Crippen molar-refractivity contribution in [3.05, 3.63) is 65.2 Å². The third-order valence-corrected chi connectivity index (χ3v) is 8.11. The number of piperazine rings is 1. The minimum absolute atomic E-state index is 0.00509. The smallest absolute Gasteiger partial charge is 0.347 e. The number of anilines is 1. The van der Waals surface area contributed by atoms with Gasteiger partial charge in [-0.05, 0) is 67.5 Å². The minimum atomic E-state index is -4.47. The van der Waals surface area contributed by atoms with E-state index in [-0.39, 0.29) is 49.1 Å². The molecule has 2 atom stereocenters. The van der Waals surface area contributed by atoms with Crippen LogP contribution >= 0.6 is 0 Å². The number of nitrogens with zero attached hydrogens (tertiary/aromatic N) is 2. The lowest BCUT2D eigenvalue weighted by Gasteiger charge is -2.42. The number of benzene rings is 2. The van der Waals surface area contributed by atoms with Gasteiger partial charge in [0.15, 0.2) is 0 Å². The molecular formula is C29H33F3N4O3. The fraction of sp³-hybridized carbons (Fsp3) is 0.483. The highest BCUT2D eigenvalue weighted by Crippen LogP contribution is 2.32.